The lowest BCUT2D eigenvalue weighted by atomic mass is 10.2. The Morgan fingerprint density at radius 1 is 1.50 bits per heavy atom. The minimum absolute atomic E-state index is 0.237. The Labute approximate surface area is 94.1 Å². The molecule has 1 unspecified atom stereocenters. The number of pyridine rings is 1. The average molecular weight is 313 g/mol. The average Bonchev–Trinajstić information content (AvgIpc) is 2.08. The van der Waals surface area contributed by atoms with Crippen LogP contribution in [0, 0.1) is 3.57 Å². The van der Waals surface area contributed by atoms with Crippen molar-refractivity contribution in [2.24, 2.45) is 0 Å². The molecule has 1 rings (SSSR count). The van der Waals surface area contributed by atoms with Gasteiger partial charge in [-0.25, -0.2) is 8.78 Å². The molecule has 78 valence electrons. The molecule has 0 spiro atoms. The summed E-state index contributed by atoms with van der Waals surface area (Å²) in [5.74, 6) is 0. The highest BCUT2D eigenvalue weighted by Gasteiger charge is 2.12. The largest absolute Gasteiger partial charge is 0.311 e. The van der Waals surface area contributed by atoms with Crippen LogP contribution in [0.5, 0.6) is 0 Å². The summed E-state index contributed by atoms with van der Waals surface area (Å²) in [4.78, 5) is 11.3. The van der Waals surface area contributed by atoms with Gasteiger partial charge in [0, 0.05) is 28.3 Å². The number of aromatic nitrogens is 1. The van der Waals surface area contributed by atoms with E-state index in [4.69, 9.17) is 0 Å². The summed E-state index contributed by atoms with van der Waals surface area (Å²) in [5.41, 5.74) is -0.237. The van der Waals surface area contributed by atoms with Gasteiger partial charge in [-0.3, -0.25) is 4.79 Å². The smallest absolute Gasteiger partial charge is 0.250 e. The SMILES string of the molecule is CC(CC(F)F)n1cc(I)ccc1=O. The van der Waals surface area contributed by atoms with Crippen molar-refractivity contribution in [3.8, 4) is 0 Å². The summed E-state index contributed by atoms with van der Waals surface area (Å²) >= 11 is 2.04. The first-order valence-corrected chi connectivity index (χ1v) is 5.24. The van der Waals surface area contributed by atoms with Crippen LogP contribution in [0.1, 0.15) is 19.4 Å². The second-order valence-corrected chi connectivity index (χ2v) is 4.31. The number of hydrogen-bond donors (Lipinski definition) is 0. The Morgan fingerprint density at radius 3 is 2.71 bits per heavy atom. The lowest BCUT2D eigenvalue weighted by Gasteiger charge is -2.14. The van der Waals surface area contributed by atoms with Gasteiger partial charge in [-0.15, -0.1) is 0 Å². The van der Waals surface area contributed by atoms with Gasteiger partial charge in [0.15, 0.2) is 0 Å². The van der Waals surface area contributed by atoms with E-state index >= 15 is 0 Å². The molecular weight excluding hydrogens is 303 g/mol. The van der Waals surface area contributed by atoms with Gasteiger partial charge in [0.05, 0.1) is 0 Å². The van der Waals surface area contributed by atoms with Crippen LogP contribution in [-0.2, 0) is 0 Å². The molecule has 0 aliphatic rings. The van der Waals surface area contributed by atoms with Crippen molar-refractivity contribution in [2.45, 2.75) is 25.8 Å². The van der Waals surface area contributed by atoms with Crippen molar-refractivity contribution in [3.63, 3.8) is 0 Å². The molecule has 0 amide bonds. The van der Waals surface area contributed by atoms with Crippen LogP contribution in [0.25, 0.3) is 0 Å². The Morgan fingerprint density at radius 2 is 2.14 bits per heavy atom. The minimum Gasteiger partial charge on any atom is -0.311 e. The van der Waals surface area contributed by atoms with Crippen molar-refractivity contribution in [1.29, 1.82) is 0 Å². The molecule has 14 heavy (non-hydrogen) atoms. The molecular formula is C9H10F2INO. The molecule has 0 radical (unpaired) electrons. The number of rotatable bonds is 3. The topological polar surface area (TPSA) is 22.0 Å². The van der Waals surface area contributed by atoms with Crippen LogP contribution in [0.15, 0.2) is 23.1 Å². The number of hydrogen-bond acceptors (Lipinski definition) is 1. The second kappa shape index (κ2) is 4.86. The molecule has 1 aromatic rings. The summed E-state index contributed by atoms with van der Waals surface area (Å²) < 4.78 is 26.4. The third-order valence-electron chi connectivity index (χ3n) is 1.90. The molecule has 0 fully saturated rings. The zero-order chi connectivity index (χ0) is 10.7. The van der Waals surface area contributed by atoms with E-state index in [1.54, 1.807) is 19.2 Å². The maximum Gasteiger partial charge on any atom is 0.250 e. The van der Waals surface area contributed by atoms with Crippen LogP contribution in [-0.4, -0.2) is 11.0 Å². The number of halogens is 3. The van der Waals surface area contributed by atoms with E-state index in [-0.39, 0.29) is 12.0 Å². The highest BCUT2D eigenvalue weighted by atomic mass is 127. The highest BCUT2D eigenvalue weighted by Crippen LogP contribution is 2.14. The van der Waals surface area contributed by atoms with Crippen LogP contribution in [0.2, 0.25) is 0 Å². The van der Waals surface area contributed by atoms with E-state index in [1.807, 2.05) is 22.6 Å². The normalized spacial score (nSPS) is 13.2. The number of nitrogens with zero attached hydrogens (tertiary/aromatic N) is 1. The summed E-state index contributed by atoms with van der Waals surface area (Å²) in [5, 5.41) is 0. The first-order chi connectivity index (χ1) is 6.50. The lowest BCUT2D eigenvalue weighted by molar-refractivity contribution is 0.119. The fourth-order valence-electron chi connectivity index (χ4n) is 1.19. The summed E-state index contributed by atoms with van der Waals surface area (Å²) in [6.07, 6.45) is -1.08. The highest BCUT2D eigenvalue weighted by molar-refractivity contribution is 14.1. The van der Waals surface area contributed by atoms with Crippen molar-refractivity contribution in [3.05, 3.63) is 32.3 Å². The van der Waals surface area contributed by atoms with Crippen LogP contribution >= 0.6 is 22.6 Å². The fraction of sp³-hybridized carbons (Fsp3) is 0.444. The third kappa shape index (κ3) is 3.04. The standard InChI is InChI=1S/C9H10F2INO/c1-6(4-8(10)11)13-5-7(12)2-3-9(13)14/h2-3,5-6,8H,4H2,1H3. The quantitative estimate of drug-likeness (QED) is 0.787. The van der Waals surface area contributed by atoms with Gasteiger partial charge in [-0.05, 0) is 35.6 Å². The summed E-state index contributed by atoms with van der Waals surface area (Å²) in [7, 11) is 0. The van der Waals surface area contributed by atoms with Gasteiger partial charge in [0.25, 0.3) is 5.56 Å². The van der Waals surface area contributed by atoms with E-state index in [1.165, 1.54) is 10.6 Å². The minimum atomic E-state index is -2.38. The predicted molar refractivity (Wildman–Crippen MR) is 58.8 cm³/mol. The molecule has 2 nitrogen and oxygen atoms in total. The molecule has 0 aliphatic carbocycles. The van der Waals surface area contributed by atoms with E-state index < -0.39 is 12.5 Å². The van der Waals surface area contributed by atoms with Crippen LogP contribution in [0.4, 0.5) is 8.78 Å². The van der Waals surface area contributed by atoms with Gasteiger partial charge in [0.2, 0.25) is 6.43 Å². The molecule has 0 saturated carbocycles. The van der Waals surface area contributed by atoms with Crippen molar-refractivity contribution in [2.75, 3.05) is 0 Å². The van der Waals surface area contributed by atoms with Gasteiger partial charge < -0.3 is 4.57 Å². The maximum absolute atomic E-state index is 12.1. The molecule has 1 atom stereocenters. The zero-order valence-corrected chi connectivity index (χ0v) is 9.74. The van der Waals surface area contributed by atoms with Gasteiger partial charge in [-0.1, -0.05) is 0 Å². The molecule has 0 saturated heterocycles. The molecule has 0 N–H and O–H groups in total. The summed E-state index contributed by atoms with van der Waals surface area (Å²) in [6.45, 7) is 1.61. The van der Waals surface area contributed by atoms with Gasteiger partial charge in [0.1, 0.15) is 0 Å². The molecule has 0 aliphatic heterocycles. The Balaban J connectivity index is 2.94. The van der Waals surface area contributed by atoms with Crippen LogP contribution < -0.4 is 5.56 Å². The Bertz CT molecular complexity index is 364. The van der Waals surface area contributed by atoms with Crippen molar-refractivity contribution >= 4 is 22.6 Å². The Kier molecular flexibility index (Phi) is 4.03. The third-order valence-corrected chi connectivity index (χ3v) is 2.53. The monoisotopic (exact) mass is 313 g/mol. The number of alkyl halides is 2. The molecule has 1 heterocycles. The van der Waals surface area contributed by atoms with Crippen LogP contribution in [0.3, 0.4) is 0 Å². The zero-order valence-electron chi connectivity index (χ0n) is 7.58. The van der Waals surface area contributed by atoms with Gasteiger partial charge in [-0.2, -0.15) is 0 Å². The summed E-state index contributed by atoms with van der Waals surface area (Å²) in [6, 6.07) is 2.59. The van der Waals surface area contributed by atoms with Gasteiger partial charge >= 0.3 is 0 Å². The molecule has 0 aromatic carbocycles. The van der Waals surface area contributed by atoms with E-state index in [2.05, 4.69) is 0 Å². The predicted octanol–water partition coefficient (Wildman–Crippen LogP) is 2.67. The van der Waals surface area contributed by atoms with Crippen molar-refractivity contribution in [1.82, 2.24) is 4.57 Å². The molecule has 5 heteroatoms. The second-order valence-electron chi connectivity index (χ2n) is 3.07. The lowest BCUT2D eigenvalue weighted by Crippen LogP contribution is -2.23. The Hall–Kier alpha value is -0.460. The molecule has 0 bridgehead atoms. The van der Waals surface area contributed by atoms with E-state index in [9.17, 15) is 13.6 Å². The van der Waals surface area contributed by atoms with E-state index in [0.717, 1.165) is 3.57 Å². The molecule has 1 aromatic heterocycles. The first-order valence-electron chi connectivity index (χ1n) is 4.16. The van der Waals surface area contributed by atoms with Crippen molar-refractivity contribution < 1.29 is 8.78 Å². The maximum atomic E-state index is 12.1. The van der Waals surface area contributed by atoms with E-state index in [0.29, 0.717) is 0 Å². The fourth-order valence-corrected chi connectivity index (χ4v) is 1.67. The first kappa shape index (κ1) is 11.6.